The zero-order valence-corrected chi connectivity index (χ0v) is 16.3. The third-order valence-corrected chi connectivity index (χ3v) is 4.98. The Bertz CT molecular complexity index is 1120. The summed E-state index contributed by atoms with van der Waals surface area (Å²) >= 11 is 6.03. The molecule has 3 heterocycles. The van der Waals surface area contributed by atoms with Crippen molar-refractivity contribution in [3.05, 3.63) is 94.2 Å². The van der Waals surface area contributed by atoms with Gasteiger partial charge in [-0.1, -0.05) is 29.8 Å². The summed E-state index contributed by atoms with van der Waals surface area (Å²) in [6.45, 7) is 1.92. The number of carbonyl (C=O) groups excluding carboxylic acids is 2. The van der Waals surface area contributed by atoms with E-state index in [0.29, 0.717) is 22.1 Å². The molecule has 1 aliphatic heterocycles. The normalized spacial score (nSPS) is 18.4. The molecule has 1 aromatic carbocycles. The molecule has 0 aliphatic carbocycles. The van der Waals surface area contributed by atoms with E-state index >= 15 is 0 Å². The van der Waals surface area contributed by atoms with E-state index in [2.05, 4.69) is 4.98 Å². The van der Waals surface area contributed by atoms with E-state index in [-0.39, 0.29) is 17.9 Å². The number of rotatable bonds is 4. The van der Waals surface area contributed by atoms with Crippen LogP contribution in [0.1, 0.15) is 28.7 Å². The SMILES string of the molecule is Cc1ccc(C2/C(=C(/O)c3cccc(Cl)c3)C(=O)C(=O)N2Cc2cccnc2)o1. The van der Waals surface area contributed by atoms with E-state index in [4.69, 9.17) is 16.0 Å². The third-order valence-electron chi connectivity index (χ3n) is 4.74. The van der Waals surface area contributed by atoms with Crippen molar-refractivity contribution < 1.29 is 19.1 Å². The Morgan fingerprint density at radius 1 is 1.21 bits per heavy atom. The molecule has 1 aliphatic rings. The average Bonchev–Trinajstić information content (AvgIpc) is 3.24. The molecule has 1 fully saturated rings. The molecule has 0 spiro atoms. The van der Waals surface area contributed by atoms with Gasteiger partial charge < -0.3 is 14.4 Å². The molecule has 2 aromatic heterocycles. The molecule has 0 radical (unpaired) electrons. The number of likely N-dealkylation sites (tertiary alicyclic amines) is 1. The van der Waals surface area contributed by atoms with Crippen molar-refractivity contribution in [2.24, 2.45) is 0 Å². The summed E-state index contributed by atoms with van der Waals surface area (Å²) in [6.07, 6.45) is 3.25. The number of aliphatic hydroxyl groups excluding tert-OH is 1. The predicted molar refractivity (Wildman–Crippen MR) is 107 cm³/mol. The maximum Gasteiger partial charge on any atom is 0.296 e. The molecule has 0 bridgehead atoms. The van der Waals surface area contributed by atoms with Crippen LogP contribution in [0, 0.1) is 6.92 Å². The highest BCUT2D eigenvalue weighted by molar-refractivity contribution is 6.46. The number of hydrogen-bond donors (Lipinski definition) is 1. The second kappa shape index (κ2) is 7.56. The van der Waals surface area contributed by atoms with Gasteiger partial charge in [-0.25, -0.2) is 0 Å². The van der Waals surface area contributed by atoms with Crippen molar-refractivity contribution in [1.29, 1.82) is 0 Å². The lowest BCUT2D eigenvalue weighted by Gasteiger charge is -2.23. The highest BCUT2D eigenvalue weighted by atomic mass is 35.5. The smallest absolute Gasteiger partial charge is 0.296 e. The lowest BCUT2D eigenvalue weighted by molar-refractivity contribution is -0.140. The van der Waals surface area contributed by atoms with Crippen LogP contribution in [0.3, 0.4) is 0 Å². The Hall–Kier alpha value is -3.38. The highest BCUT2D eigenvalue weighted by Gasteiger charge is 2.47. The zero-order valence-electron chi connectivity index (χ0n) is 15.5. The van der Waals surface area contributed by atoms with Crippen molar-refractivity contribution in [1.82, 2.24) is 9.88 Å². The van der Waals surface area contributed by atoms with E-state index in [0.717, 1.165) is 5.56 Å². The number of amides is 1. The number of Topliss-reactive ketones (excluding diaryl/α,β-unsaturated/α-hetero) is 1. The molecule has 29 heavy (non-hydrogen) atoms. The number of aryl methyl sites for hydroxylation is 1. The number of nitrogens with zero attached hydrogens (tertiary/aromatic N) is 2. The van der Waals surface area contributed by atoms with Gasteiger partial charge in [0.05, 0.1) is 5.57 Å². The van der Waals surface area contributed by atoms with E-state index in [1.807, 2.05) is 6.07 Å². The van der Waals surface area contributed by atoms with Gasteiger partial charge in [0.25, 0.3) is 11.7 Å². The van der Waals surface area contributed by atoms with Crippen LogP contribution in [0.25, 0.3) is 5.76 Å². The zero-order chi connectivity index (χ0) is 20.5. The Morgan fingerprint density at radius 2 is 2.03 bits per heavy atom. The lowest BCUT2D eigenvalue weighted by Crippen LogP contribution is -2.29. The number of carbonyl (C=O) groups is 2. The van der Waals surface area contributed by atoms with Gasteiger partial charge >= 0.3 is 0 Å². The summed E-state index contributed by atoms with van der Waals surface area (Å²) in [5.74, 6) is -0.746. The Morgan fingerprint density at radius 3 is 2.69 bits per heavy atom. The molecule has 0 saturated carbocycles. The number of aliphatic hydroxyl groups is 1. The maximum atomic E-state index is 12.9. The molecule has 3 aromatic rings. The summed E-state index contributed by atoms with van der Waals surface area (Å²) in [5.41, 5.74) is 1.08. The largest absolute Gasteiger partial charge is 0.507 e. The van der Waals surface area contributed by atoms with Gasteiger partial charge in [0, 0.05) is 29.5 Å². The summed E-state index contributed by atoms with van der Waals surface area (Å²) in [4.78, 5) is 31.2. The summed E-state index contributed by atoms with van der Waals surface area (Å²) in [5, 5.41) is 11.3. The number of halogens is 1. The molecule has 1 N–H and O–H groups in total. The van der Waals surface area contributed by atoms with E-state index in [1.54, 1.807) is 55.7 Å². The van der Waals surface area contributed by atoms with Gasteiger partial charge in [0.1, 0.15) is 23.3 Å². The first-order valence-electron chi connectivity index (χ1n) is 8.95. The first kappa shape index (κ1) is 19.0. The minimum Gasteiger partial charge on any atom is -0.507 e. The van der Waals surface area contributed by atoms with Crippen LogP contribution < -0.4 is 0 Å². The minimum atomic E-state index is -0.858. The summed E-state index contributed by atoms with van der Waals surface area (Å²) in [7, 11) is 0. The van der Waals surface area contributed by atoms with Crippen molar-refractivity contribution in [3.8, 4) is 0 Å². The minimum absolute atomic E-state index is 0.0319. The van der Waals surface area contributed by atoms with Gasteiger partial charge in [-0.05, 0) is 42.8 Å². The van der Waals surface area contributed by atoms with Crippen molar-refractivity contribution >= 4 is 29.1 Å². The molecule has 146 valence electrons. The molecule has 7 heteroatoms. The van der Waals surface area contributed by atoms with Gasteiger partial charge in [-0.2, -0.15) is 0 Å². The lowest BCUT2D eigenvalue weighted by atomic mass is 9.99. The maximum absolute atomic E-state index is 12.9. The molecule has 1 atom stereocenters. The standard InChI is InChI=1S/C22H17ClN2O4/c1-13-7-8-17(29-13)19-18(20(26)15-5-2-6-16(23)10-15)21(27)22(28)25(19)12-14-4-3-9-24-11-14/h2-11,19,26H,12H2,1H3/b20-18-. The topological polar surface area (TPSA) is 83.6 Å². The number of pyridine rings is 1. The number of furan rings is 1. The molecular formula is C22H17ClN2O4. The quantitative estimate of drug-likeness (QED) is 0.396. The first-order chi connectivity index (χ1) is 14.0. The highest BCUT2D eigenvalue weighted by Crippen LogP contribution is 2.41. The van der Waals surface area contributed by atoms with Crippen LogP contribution in [-0.4, -0.2) is 26.7 Å². The summed E-state index contributed by atoms with van der Waals surface area (Å²) in [6, 6.07) is 12.6. The van der Waals surface area contributed by atoms with Gasteiger partial charge in [0.2, 0.25) is 0 Å². The molecule has 1 amide bonds. The average molecular weight is 409 g/mol. The number of aromatic nitrogens is 1. The fourth-order valence-electron chi connectivity index (χ4n) is 3.42. The van der Waals surface area contributed by atoms with Crippen molar-refractivity contribution in [3.63, 3.8) is 0 Å². The van der Waals surface area contributed by atoms with E-state index < -0.39 is 17.7 Å². The van der Waals surface area contributed by atoms with Crippen molar-refractivity contribution in [2.45, 2.75) is 19.5 Å². The second-order valence-corrected chi connectivity index (χ2v) is 7.18. The van der Waals surface area contributed by atoms with Crippen LogP contribution >= 0.6 is 11.6 Å². The van der Waals surface area contributed by atoms with E-state index in [1.165, 1.54) is 11.0 Å². The molecule has 1 saturated heterocycles. The first-order valence-corrected chi connectivity index (χ1v) is 9.33. The van der Waals surface area contributed by atoms with Crippen LogP contribution in [0.15, 0.2) is 70.9 Å². The fourth-order valence-corrected chi connectivity index (χ4v) is 3.61. The van der Waals surface area contributed by atoms with Crippen molar-refractivity contribution in [2.75, 3.05) is 0 Å². The Kier molecular flexibility index (Phi) is 4.94. The van der Waals surface area contributed by atoms with Gasteiger partial charge in [-0.3, -0.25) is 14.6 Å². The fraction of sp³-hybridized carbons (Fsp3) is 0.136. The number of hydrogen-bond acceptors (Lipinski definition) is 5. The van der Waals surface area contributed by atoms with Gasteiger partial charge in [0.15, 0.2) is 0 Å². The van der Waals surface area contributed by atoms with Crippen LogP contribution in [-0.2, 0) is 16.1 Å². The third kappa shape index (κ3) is 3.54. The van der Waals surface area contributed by atoms with Gasteiger partial charge in [-0.15, -0.1) is 0 Å². The Labute approximate surface area is 172 Å². The van der Waals surface area contributed by atoms with Crippen LogP contribution in [0.4, 0.5) is 0 Å². The van der Waals surface area contributed by atoms with Crippen LogP contribution in [0.5, 0.6) is 0 Å². The summed E-state index contributed by atoms with van der Waals surface area (Å²) < 4.78 is 5.74. The monoisotopic (exact) mass is 408 g/mol. The number of benzene rings is 1. The van der Waals surface area contributed by atoms with Crippen LogP contribution in [0.2, 0.25) is 5.02 Å². The molecule has 1 unspecified atom stereocenters. The van der Waals surface area contributed by atoms with E-state index in [9.17, 15) is 14.7 Å². The predicted octanol–water partition coefficient (Wildman–Crippen LogP) is 4.26. The molecule has 4 rings (SSSR count). The molecule has 6 nitrogen and oxygen atoms in total. The number of ketones is 1. The Balaban J connectivity index is 1.86. The molecular weight excluding hydrogens is 392 g/mol. The second-order valence-electron chi connectivity index (χ2n) is 6.75.